The van der Waals surface area contributed by atoms with Crippen LogP contribution < -0.4 is 21.2 Å². The van der Waals surface area contributed by atoms with E-state index in [1.54, 1.807) is 24.5 Å². The number of allylic oxidation sites excluding steroid dienone is 7. The van der Waals surface area contributed by atoms with Gasteiger partial charge in [-0.05, 0) is 144 Å². The summed E-state index contributed by atoms with van der Waals surface area (Å²) < 4.78 is 14.7. The molecule has 7 nitrogen and oxygen atoms in total. The minimum Gasteiger partial charge on any atom is -0.359 e. The van der Waals surface area contributed by atoms with Crippen molar-refractivity contribution >= 4 is 23.6 Å². The van der Waals surface area contributed by atoms with Gasteiger partial charge < -0.3 is 20.5 Å². The van der Waals surface area contributed by atoms with Crippen LogP contribution in [0.15, 0.2) is 96.7 Å². The number of pyridine rings is 1. The summed E-state index contributed by atoms with van der Waals surface area (Å²) in [5, 5.41) is 17.2. The molecule has 4 heterocycles. The van der Waals surface area contributed by atoms with Crippen LogP contribution in [0.1, 0.15) is 45.1 Å². The number of aromatic amines is 2. The maximum absolute atomic E-state index is 14.7. The second-order valence-corrected chi connectivity index (χ2v) is 13.2. The predicted octanol–water partition coefficient (Wildman–Crippen LogP) is 6.90. The molecule has 1 fully saturated rings. The third-order valence-corrected chi connectivity index (χ3v) is 9.15. The van der Waals surface area contributed by atoms with E-state index in [-0.39, 0.29) is 5.82 Å². The maximum atomic E-state index is 14.7. The molecule has 49 heavy (non-hydrogen) atoms. The first kappa shape index (κ1) is 35.5. The number of nitrogens with zero attached hydrogens (tertiary/aromatic N) is 3. The summed E-state index contributed by atoms with van der Waals surface area (Å²) in [7, 11) is 4.10. The average Bonchev–Trinajstić information content (AvgIpc) is 3.68. The molecule has 0 amide bonds. The van der Waals surface area contributed by atoms with E-state index < -0.39 is 0 Å². The van der Waals surface area contributed by atoms with Gasteiger partial charge in [-0.15, -0.1) is 0 Å². The third-order valence-electron chi connectivity index (χ3n) is 9.15. The summed E-state index contributed by atoms with van der Waals surface area (Å²) in [5.74, 6) is 0.418. The Morgan fingerprint density at radius 3 is 2.67 bits per heavy atom. The summed E-state index contributed by atoms with van der Waals surface area (Å²) in [4.78, 5) is 10.1. The summed E-state index contributed by atoms with van der Waals surface area (Å²) in [6.45, 7) is 19.9. The van der Waals surface area contributed by atoms with Gasteiger partial charge in [-0.25, -0.2) is 4.39 Å². The van der Waals surface area contributed by atoms with E-state index in [1.807, 2.05) is 39.2 Å². The van der Waals surface area contributed by atoms with Crippen LogP contribution >= 0.6 is 0 Å². The molecule has 1 aromatic carbocycles. The summed E-state index contributed by atoms with van der Waals surface area (Å²) in [5.41, 5.74) is 9.15. The minimum absolute atomic E-state index is 0.243. The first-order valence-electron chi connectivity index (χ1n) is 17.1. The van der Waals surface area contributed by atoms with Crippen LogP contribution in [0, 0.1) is 11.7 Å². The fraction of sp³-hybridized carbons (Fsp3) is 0.317. The van der Waals surface area contributed by atoms with Crippen molar-refractivity contribution in [3.8, 4) is 22.5 Å². The van der Waals surface area contributed by atoms with E-state index in [4.69, 9.17) is 0 Å². The molecule has 4 N–H and O–H groups in total. The van der Waals surface area contributed by atoms with Crippen LogP contribution in [-0.2, 0) is 6.42 Å². The molecule has 1 saturated heterocycles. The zero-order valence-corrected chi connectivity index (χ0v) is 29.4. The van der Waals surface area contributed by atoms with E-state index in [0.717, 1.165) is 111 Å². The Balaban J connectivity index is 1.35. The van der Waals surface area contributed by atoms with Crippen LogP contribution in [0.4, 0.5) is 4.39 Å². The zero-order valence-electron chi connectivity index (χ0n) is 29.4. The Labute approximate surface area is 289 Å². The van der Waals surface area contributed by atoms with Gasteiger partial charge in [-0.3, -0.25) is 10.1 Å². The highest BCUT2D eigenvalue weighted by Crippen LogP contribution is 2.31. The number of rotatable bonds is 14. The Hall–Kier alpha value is -4.79. The SMILES string of the molecule is C=C\C(=C/C(=C\C)C(/C)=C/C=c1/[nH]nc(-c2cc3c(-c4cc(F)cc(CCCN(C)C)c4)cncc3[nH]2)c1=C)NC(=C)CC1CCNCC1. The molecular formula is C41H50FN7. The lowest BCUT2D eigenvalue weighted by Crippen LogP contribution is -2.28. The summed E-state index contributed by atoms with van der Waals surface area (Å²) >= 11 is 0. The van der Waals surface area contributed by atoms with Crippen LogP contribution in [0.2, 0.25) is 0 Å². The molecule has 0 atom stereocenters. The number of halogens is 1. The van der Waals surface area contributed by atoms with Gasteiger partial charge >= 0.3 is 0 Å². The second-order valence-electron chi connectivity index (χ2n) is 13.2. The van der Waals surface area contributed by atoms with Gasteiger partial charge in [0.15, 0.2) is 0 Å². The van der Waals surface area contributed by atoms with Gasteiger partial charge in [0.05, 0.1) is 22.8 Å². The van der Waals surface area contributed by atoms with Gasteiger partial charge in [0.2, 0.25) is 0 Å². The average molecular weight is 660 g/mol. The molecule has 256 valence electrons. The Morgan fingerprint density at radius 2 is 1.94 bits per heavy atom. The smallest absolute Gasteiger partial charge is 0.124 e. The number of hydrogen-bond acceptors (Lipinski definition) is 5. The topological polar surface area (TPSA) is 84.7 Å². The minimum atomic E-state index is -0.243. The van der Waals surface area contributed by atoms with Gasteiger partial charge in [-0.2, -0.15) is 5.10 Å². The number of piperidine rings is 1. The van der Waals surface area contributed by atoms with Crippen LogP contribution in [0.3, 0.4) is 0 Å². The largest absolute Gasteiger partial charge is 0.359 e. The monoisotopic (exact) mass is 659 g/mol. The first-order valence-corrected chi connectivity index (χ1v) is 17.1. The molecule has 0 spiro atoms. The quantitative estimate of drug-likeness (QED) is 0.111. The molecule has 1 aliphatic heterocycles. The van der Waals surface area contributed by atoms with E-state index in [2.05, 4.69) is 86.7 Å². The molecule has 4 aromatic rings. The number of hydrogen-bond donors (Lipinski definition) is 4. The van der Waals surface area contributed by atoms with Crippen molar-refractivity contribution in [1.82, 2.24) is 35.7 Å². The maximum Gasteiger partial charge on any atom is 0.124 e. The highest BCUT2D eigenvalue weighted by atomic mass is 19.1. The van der Waals surface area contributed by atoms with Crippen molar-refractivity contribution in [2.45, 2.75) is 46.0 Å². The number of aryl methyl sites for hydroxylation is 1. The predicted molar refractivity (Wildman–Crippen MR) is 203 cm³/mol. The van der Waals surface area contributed by atoms with E-state index >= 15 is 0 Å². The van der Waals surface area contributed by atoms with Crippen molar-refractivity contribution in [2.75, 3.05) is 33.7 Å². The summed E-state index contributed by atoms with van der Waals surface area (Å²) in [6, 6.07) is 7.32. The number of H-pyrrole nitrogens is 2. The normalized spacial score (nSPS) is 15.4. The summed E-state index contributed by atoms with van der Waals surface area (Å²) in [6.07, 6.45) is 18.8. The lowest BCUT2D eigenvalue weighted by molar-refractivity contribution is 0.368. The molecule has 1 aliphatic rings. The van der Waals surface area contributed by atoms with Gasteiger partial charge in [0, 0.05) is 33.8 Å². The molecule has 0 aliphatic carbocycles. The molecule has 5 rings (SSSR count). The number of fused-ring (bicyclic) bond motifs is 1. The lowest BCUT2D eigenvalue weighted by atomic mass is 9.93. The molecular weight excluding hydrogens is 609 g/mol. The van der Waals surface area contributed by atoms with Gasteiger partial charge in [0.25, 0.3) is 0 Å². The van der Waals surface area contributed by atoms with Crippen molar-refractivity contribution in [3.63, 3.8) is 0 Å². The Morgan fingerprint density at radius 1 is 1.14 bits per heavy atom. The number of nitrogens with one attached hydrogen (secondary N) is 4. The lowest BCUT2D eigenvalue weighted by Gasteiger charge is -2.24. The van der Waals surface area contributed by atoms with Crippen LogP contribution in [0.25, 0.3) is 46.1 Å². The Bertz CT molecular complexity index is 2000. The highest BCUT2D eigenvalue weighted by molar-refractivity contribution is 5.97. The van der Waals surface area contributed by atoms with Crippen molar-refractivity contribution in [1.29, 1.82) is 0 Å². The molecule has 3 aromatic heterocycles. The first-order chi connectivity index (χ1) is 23.6. The highest BCUT2D eigenvalue weighted by Gasteiger charge is 2.15. The van der Waals surface area contributed by atoms with Gasteiger partial charge in [-0.1, -0.05) is 38.0 Å². The number of aromatic nitrogens is 4. The van der Waals surface area contributed by atoms with Gasteiger partial charge in [0.1, 0.15) is 11.5 Å². The molecule has 0 radical (unpaired) electrons. The molecule has 0 bridgehead atoms. The second kappa shape index (κ2) is 16.5. The third kappa shape index (κ3) is 9.22. The zero-order chi connectivity index (χ0) is 34.9. The standard InChI is InChI=1S/C41H50FN7/c1-8-32(23-35(9-2)45-28(4)19-30-14-16-43-17-15-30)27(3)12-13-38-29(5)41(48-47-38)39-24-36-37(25-44-26-40(36)46-39)33-20-31(21-34(42)22-33)11-10-18-49(6)7/h8-9,12-13,20-26,30,43,45-47H,2,4-5,10-11,14-19H2,1,3,6-7H3/b27-12+,32-8+,35-23+,38-13+. The van der Waals surface area contributed by atoms with Crippen LogP contribution in [0.5, 0.6) is 0 Å². The van der Waals surface area contributed by atoms with Crippen molar-refractivity contribution < 1.29 is 4.39 Å². The molecule has 0 saturated carbocycles. The fourth-order valence-electron chi connectivity index (χ4n) is 6.43. The number of benzene rings is 1. The molecule has 8 heteroatoms. The van der Waals surface area contributed by atoms with Crippen molar-refractivity contribution in [3.05, 3.63) is 119 Å². The molecule has 0 unspecified atom stereocenters. The fourth-order valence-corrected chi connectivity index (χ4v) is 6.43. The van der Waals surface area contributed by atoms with Crippen molar-refractivity contribution in [2.24, 2.45) is 5.92 Å². The van der Waals surface area contributed by atoms with E-state index in [0.29, 0.717) is 5.92 Å². The van der Waals surface area contributed by atoms with E-state index in [1.165, 1.54) is 12.8 Å². The van der Waals surface area contributed by atoms with E-state index in [9.17, 15) is 4.39 Å². The van der Waals surface area contributed by atoms with Crippen LogP contribution in [-0.4, -0.2) is 58.8 Å². The Kier molecular flexibility index (Phi) is 12.0.